The van der Waals surface area contributed by atoms with Gasteiger partial charge in [0.15, 0.2) is 0 Å². The Bertz CT molecular complexity index is 1060. The molecule has 1 aliphatic heterocycles. The van der Waals surface area contributed by atoms with Crippen LogP contribution in [0, 0.1) is 0 Å². The number of rotatable bonds is 2. The van der Waals surface area contributed by atoms with Gasteiger partial charge in [-0.2, -0.15) is 5.10 Å². The Hall–Kier alpha value is -3.19. The number of pyridine rings is 1. The highest BCUT2D eigenvalue weighted by Crippen LogP contribution is 2.30. The fourth-order valence-electron chi connectivity index (χ4n) is 3.66. The highest BCUT2D eigenvalue weighted by Gasteiger charge is 2.33. The lowest BCUT2D eigenvalue weighted by Crippen LogP contribution is -2.45. The first kappa shape index (κ1) is 19.1. The van der Waals surface area contributed by atoms with Gasteiger partial charge in [0, 0.05) is 11.9 Å². The summed E-state index contributed by atoms with van der Waals surface area (Å²) in [6.07, 6.45) is 5.67. The number of urea groups is 1. The number of ether oxygens (including phenoxy) is 1. The molecule has 7 nitrogen and oxygen atoms in total. The summed E-state index contributed by atoms with van der Waals surface area (Å²) in [5.41, 5.74) is 2.04. The molecule has 4 rings (SSSR count). The van der Waals surface area contributed by atoms with Crippen LogP contribution in [-0.2, 0) is 11.3 Å². The summed E-state index contributed by atoms with van der Waals surface area (Å²) in [6.45, 7) is 7.13. The minimum atomic E-state index is -0.621. The van der Waals surface area contributed by atoms with Gasteiger partial charge in [0.1, 0.15) is 5.82 Å². The average Bonchev–Trinajstić information content (AvgIpc) is 3.12. The van der Waals surface area contributed by atoms with Gasteiger partial charge in [-0.15, -0.1) is 0 Å². The molecule has 0 unspecified atom stereocenters. The predicted molar refractivity (Wildman–Crippen MR) is 114 cm³/mol. The number of fused-ring (bicyclic) bond motifs is 4. The van der Waals surface area contributed by atoms with Crippen molar-refractivity contribution in [2.45, 2.75) is 39.0 Å². The van der Waals surface area contributed by atoms with Crippen molar-refractivity contribution in [1.29, 1.82) is 0 Å². The number of anilines is 1. The topological polar surface area (TPSA) is 81.1 Å². The molecule has 29 heavy (non-hydrogen) atoms. The second-order valence-electron chi connectivity index (χ2n) is 7.55. The predicted octanol–water partition coefficient (Wildman–Crippen LogP) is 4.14. The van der Waals surface area contributed by atoms with Crippen LogP contribution in [0.25, 0.3) is 17.0 Å². The fourth-order valence-corrected chi connectivity index (χ4v) is 3.66. The molecule has 3 aromatic rings. The third-order valence-electron chi connectivity index (χ3n) is 5.12. The van der Waals surface area contributed by atoms with E-state index in [1.807, 2.05) is 74.0 Å². The largest absolute Gasteiger partial charge is 0.369 e. The molecule has 1 atom stereocenters. The van der Waals surface area contributed by atoms with Crippen molar-refractivity contribution >= 4 is 28.8 Å². The molecular formula is C22H25N5O2. The Kier molecular flexibility index (Phi) is 5.07. The molecule has 0 spiro atoms. The molecule has 2 aromatic heterocycles. The summed E-state index contributed by atoms with van der Waals surface area (Å²) in [5, 5.41) is 11.3. The van der Waals surface area contributed by atoms with E-state index in [9.17, 15) is 4.79 Å². The zero-order chi connectivity index (χ0) is 20.4. The van der Waals surface area contributed by atoms with Crippen LogP contribution in [-0.4, -0.2) is 33.0 Å². The van der Waals surface area contributed by atoms with Crippen LogP contribution in [0.1, 0.15) is 38.1 Å². The van der Waals surface area contributed by atoms with E-state index in [0.29, 0.717) is 12.4 Å². The van der Waals surface area contributed by atoms with Crippen LogP contribution in [0.4, 0.5) is 10.6 Å². The van der Waals surface area contributed by atoms with Crippen molar-refractivity contribution in [2.24, 2.45) is 0 Å². The van der Waals surface area contributed by atoms with Gasteiger partial charge in [-0.1, -0.05) is 36.4 Å². The number of hydrogen-bond acceptors (Lipinski definition) is 4. The maximum Gasteiger partial charge on any atom is 0.320 e. The molecule has 2 bridgehead atoms. The number of hydrogen-bond donors (Lipinski definition) is 2. The summed E-state index contributed by atoms with van der Waals surface area (Å²) in [4.78, 5) is 17.4. The molecule has 150 valence electrons. The first-order valence-electron chi connectivity index (χ1n) is 9.77. The van der Waals surface area contributed by atoms with Crippen LogP contribution >= 0.6 is 0 Å². The monoisotopic (exact) mass is 391 g/mol. The summed E-state index contributed by atoms with van der Waals surface area (Å²) in [5.74, 6) is 0.483. The Morgan fingerprint density at radius 1 is 1.28 bits per heavy atom. The quantitative estimate of drug-likeness (QED) is 0.688. The van der Waals surface area contributed by atoms with Crippen LogP contribution < -0.4 is 10.6 Å². The summed E-state index contributed by atoms with van der Waals surface area (Å²) < 4.78 is 8.06. The van der Waals surface area contributed by atoms with Crippen LogP contribution in [0.3, 0.4) is 0 Å². The zero-order valence-electron chi connectivity index (χ0n) is 16.8. The molecule has 0 radical (unpaired) electrons. The van der Waals surface area contributed by atoms with Gasteiger partial charge >= 0.3 is 6.03 Å². The van der Waals surface area contributed by atoms with E-state index < -0.39 is 5.60 Å². The lowest BCUT2D eigenvalue weighted by Gasteiger charge is -2.35. The number of benzene rings is 1. The normalized spacial score (nSPS) is 19.1. The molecule has 2 amide bonds. The smallest absolute Gasteiger partial charge is 0.320 e. The lowest BCUT2D eigenvalue weighted by atomic mass is 9.91. The number of aromatic nitrogens is 3. The van der Waals surface area contributed by atoms with Gasteiger partial charge in [0.2, 0.25) is 0 Å². The highest BCUT2D eigenvalue weighted by molar-refractivity contribution is 5.93. The van der Waals surface area contributed by atoms with Crippen LogP contribution in [0.15, 0.2) is 48.7 Å². The Morgan fingerprint density at radius 2 is 2.07 bits per heavy atom. The molecule has 1 aromatic carbocycles. The molecular weight excluding hydrogens is 366 g/mol. The van der Waals surface area contributed by atoms with Gasteiger partial charge in [-0.25, -0.2) is 9.78 Å². The Balaban J connectivity index is 1.75. The maximum absolute atomic E-state index is 12.8. The van der Waals surface area contributed by atoms with E-state index in [-0.39, 0.29) is 12.1 Å². The molecule has 7 heteroatoms. The third-order valence-corrected chi connectivity index (χ3v) is 5.12. The van der Waals surface area contributed by atoms with Gasteiger partial charge < -0.3 is 10.1 Å². The average molecular weight is 391 g/mol. The third kappa shape index (κ3) is 3.86. The first-order valence-corrected chi connectivity index (χ1v) is 9.77. The van der Waals surface area contributed by atoms with E-state index >= 15 is 0 Å². The maximum atomic E-state index is 12.8. The van der Waals surface area contributed by atoms with Crippen LogP contribution in [0.2, 0.25) is 0 Å². The molecule has 0 saturated carbocycles. The first-order chi connectivity index (χ1) is 14.0. The van der Waals surface area contributed by atoms with E-state index in [1.165, 1.54) is 0 Å². The number of aryl methyl sites for hydroxylation is 1. The molecule has 0 saturated heterocycles. The van der Waals surface area contributed by atoms with E-state index in [1.54, 1.807) is 6.20 Å². The van der Waals surface area contributed by atoms with E-state index in [2.05, 4.69) is 20.7 Å². The van der Waals surface area contributed by atoms with Crippen molar-refractivity contribution in [3.05, 3.63) is 59.9 Å². The summed E-state index contributed by atoms with van der Waals surface area (Å²) in [7, 11) is 0. The minimum Gasteiger partial charge on any atom is -0.369 e. The standard InChI is InChI=1S/C22H25N5O2/c1-4-27-19-16(14-23-27)13-18-24-17(19)11-8-12-29-22(2,3)20(26-21(28)25-18)15-9-6-5-7-10-15/h5-11,13-14,20H,4,12H2,1-3H3,(H2,24,25,26,28)/t20-/m0/s1. The number of nitrogens with zero attached hydrogens (tertiary/aromatic N) is 3. The second-order valence-corrected chi connectivity index (χ2v) is 7.55. The molecule has 0 aliphatic carbocycles. The van der Waals surface area contributed by atoms with Gasteiger partial charge in [-0.3, -0.25) is 10.00 Å². The minimum absolute atomic E-state index is 0.331. The molecule has 2 N–H and O–H groups in total. The van der Waals surface area contributed by atoms with E-state index in [4.69, 9.17) is 4.74 Å². The SMILES string of the molecule is CCn1ncc2cc3nc(c21)C=CCOC(C)(C)[C@H](c1ccccc1)NC(=O)N3. The number of nitrogens with one attached hydrogen (secondary N) is 2. The molecule has 1 aliphatic rings. The van der Waals surface area contributed by atoms with Crippen molar-refractivity contribution < 1.29 is 9.53 Å². The highest BCUT2D eigenvalue weighted by atomic mass is 16.5. The van der Waals surface area contributed by atoms with Crippen molar-refractivity contribution in [3.8, 4) is 0 Å². The van der Waals surface area contributed by atoms with Crippen molar-refractivity contribution in [2.75, 3.05) is 11.9 Å². The lowest BCUT2D eigenvalue weighted by molar-refractivity contribution is -0.0278. The Labute approximate surface area is 169 Å². The van der Waals surface area contributed by atoms with Crippen LogP contribution in [0.5, 0.6) is 0 Å². The number of carbonyl (C=O) groups is 1. The number of carbonyl (C=O) groups excluding carboxylic acids is 1. The molecule has 3 heterocycles. The summed E-state index contributed by atoms with van der Waals surface area (Å²) in [6, 6.07) is 11.0. The number of amides is 2. The second kappa shape index (κ2) is 7.67. The summed E-state index contributed by atoms with van der Waals surface area (Å²) >= 11 is 0. The van der Waals surface area contributed by atoms with Crippen molar-refractivity contribution in [1.82, 2.24) is 20.1 Å². The van der Waals surface area contributed by atoms with Gasteiger partial charge in [0.05, 0.1) is 35.7 Å². The van der Waals surface area contributed by atoms with Crippen molar-refractivity contribution in [3.63, 3.8) is 0 Å². The van der Waals surface area contributed by atoms with Gasteiger partial charge in [0.25, 0.3) is 0 Å². The molecule has 0 fully saturated rings. The Morgan fingerprint density at radius 3 is 2.83 bits per heavy atom. The zero-order valence-corrected chi connectivity index (χ0v) is 16.8. The fraction of sp³-hybridized carbons (Fsp3) is 0.318. The van der Waals surface area contributed by atoms with Gasteiger partial charge in [-0.05, 0) is 38.5 Å². The van der Waals surface area contributed by atoms with E-state index in [0.717, 1.165) is 28.7 Å².